The molecule has 9 heteroatoms. The molecule has 2 atom stereocenters. The lowest BCUT2D eigenvalue weighted by atomic mass is 9.89. The number of aryl methyl sites for hydroxylation is 1. The average Bonchev–Trinajstić information content (AvgIpc) is 3.47. The summed E-state index contributed by atoms with van der Waals surface area (Å²) in [6.07, 6.45) is -0.144. The topological polar surface area (TPSA) is 84.1 Å². The molecule has 0 radical (unpaired) electrons. The van der Waals surface area contributed by atoms with E-state index in [0.29, 0.717) is 31.5 Å². The van der Waals surface area contributed by atoms with Crippen LogP contribution in [0.25, 0.3) is 10.9 Å². The van der Waals surface area contributed by atoms with E-state index in [0.717, 1.165) is 12.8 Å². The lowest BCUT2D eigenvalue weighted by Gasteiger charge is -2.39. The first-order chi connectivity index (χ1) is 13.8. The summed E-state index contributed by atoms with van der Waals surface area (Å²) in [6.45, 7) is 4.44. The zero-order valence-electron chi connectivity index (χ0n) is 16.5. The summed E-state index contributed by atoms with van der Waals surface area (Å²) in [7, 11) is 0. The molecule has 4 rings (SSSR count). The van der Waals surface area contributed by atoms with Crippen molar-refractivity contribution in [2.24, 2.45) is 11.7 Å². The Morgan fingerprint density at radius 1 is 1.24 bits per heavy atom. The summed E-state index contributed by atoms with van der Waals surface area (Å²) in [5.41, 5.74) is 4.14. The fourth-order valence-corrected chi connectivity index (χ4v) is 4.68. The van der Waals surface area contributed by atoms with Gasteiger partial charge < -0.3 is 10.6 Å². The van der Waals surface area contributed by atoms with Gasteiger partial charge in [-0.2, -0.15) is 0 Å². The van der Waals surface area contributed by atoms with E-state index < -0.39 is 34.4 Å². The Morgan fingerprint density at radius 2 is 1.93 bits per heavy atom. The molecule has 1 aromatic heterocycles. The van der Waals surface area contributed by atoms with Crippen LogP contribution in [0.3, 0.4) is 0 Å². The number of hydrogen-bond acceptors (Lipinski definition) is 4. The van der Waals surface area contributed by atoms with Crippen LogP contribution in [0, 0.1) is 18.7 Å². The van der Waals surface area contributed by atoms with Gasteiger partial charge in [-0.05, 0) is 32.1 Å². The number of aromatic amines is 1. The van der Waals surface area contributed by atoms with Gasteiger partial charge >= 0.3 is 5.69 Å². The number of nitrogens with one attached hydrogen (secondary N) is 1. The first-order valence-electron chi connectivity index (χ1n) is 10.0. The molecule has 3 N–H and O–H groups in total. The maximum absolute atomic E-state index is 15.4. The van der Waals surface area contributed by atoms with Gasteiger partial charge in [0.05, 0.1) is 22.2 Å². The highest BCUT2D eigenvalue weighted by atomic mass is 19.3. The number of hydrogen-bond donors (Lipinski definition) is 2. The van der Waals surface area contributed by atoms with Crippen molar-refractivity contribution in [2.45, 2.75) is 58.0 Å². The van der Waals surface area contributed by atoms with Gasteiger partial charge in [-0.3, -0.25) is 14.3 Å². The van der Waals surface area contributed by atoms with Crippen molar-refractivity contribution in [2.75, 3.05) is 18.0 Å². The number of aromatic nitrogens is 2. The highest BCUT2D eigenvalue weighted by Crippen LogP contribution is 2.42. The highest BCUT2D eigenvalue weighted by Gasteiger charge is 2.35. The number of fused-ring (bicyclic) bond motifs is 1. The molecule has 1 aromatic carbocycles. The Labute approximate surface area is 165 Å². The van der Waals surface area contributed by atoms with Gasteiger partial charge in [-0.25, -0.2) is 18.0 Å². The molecule has 29 heavy (non-hydrogen) atoms. The van der Waals surface area contributed by atoms with E-state index in [-0.39, 0.29) is 29.2 Å². The molecular weight excluding hydrogens is 385 g/mol. The van der Waals surface area contributed by atoms with Crippen LogP contribution in [-0.4, -0.2) is 28.7 Å². The summed E-state index contributed by atoms with van der Waals surface area (Å²) in [6, 6.07) is -0.375. The molecule has 1 saturated carbocycles. The van der Waals surface area contributed by atoms with Gasteiger partial charge in [0.1, 0.15) is 0 Å². The first-order valence-corrected chi connectivity index (χ1v) is 10.0. The maximum atomic E-state index is 15.4. The molecular formula is C20H25F3N4O2. The Balaban J connectivity index is 2.02. The zero-order chi connectivity index (χ0) is 21.0. The second-order valence-corrected chi connectivity index (χ2v) is 8.15. The van der Waals surface area contributed by atoms with Crippen molar-refractivity contribution in [3.05, 3.63) is 37.8 Å². The molecule has 2 heterocycles. The minimum Gasteiger partial charge on any atom is -0.367 e. The van der Waals surface area contributed by atoms with Gasteiger partial charge in [-0.15, -0.1) is 0 Å². The predicted molar refractivity (Wildman–Crippen MR) is 105 cm³/mol. The number of halogens is 3. The molecule has 158 valence electrons. The summed E-state index contributed by atoms with van der Waals surface area (Å²) >= 11 is 0. The van der Waals surface area contributed by atoms with Crippen LogP contribution >= 0.6 is 0 Å². The van der Waals surface area contributed by atoms with Crippen LogP contribution in [0.4, 0.5) is 18.9 Å². The van der Waals surface area contributed by atoms with Crippen LogP contribution in [0.1, 0.15) is 56.2 Å². The molecule has 1 saturated heterocycles. The molecule has 0 amide bonds. The Bertz CT molecular complexity index is 1070. The summed E-state index contributed by atoms with van der Waals surface area (Å²) < 4.78 is 44.6. The number of piperidine rings is 1. The quantitative estimate of drug-likeness (QED) is 0.812. The van der Waals surface area contributed by atoms with Gasteiger partial charge in [0.2, 0.25) is 0 Å². The third-order valence-electron chi connectivity index (χ3n) is 6.35. The number of nitrogens with zero attached hydrogens (tertiary/aromatic N) is 2. The lowest BCUT2D eigenvalue weighted by Crippen LogP contribution is -2.49. The van der Waals surface area contributed by atoms with Crippen molar-refractivity contribution < 1.29 is 13.2 Å². The minimum absolute atomic E-state index is 0.0252. The first kappa shape index (κ1) is 20.0. The van der Waals surface area contributed by atoms with Gasteiger partial charge in [-0.1, -0.05) is 13.3 Å². The van der Waals surface area contributed by atoms with Gasteiger partial charge in [0.15, 0.2) is 5.82 Å². The van der Waals surface area contributed by atoms with E-state index in [9.17, 15) is 18.4 Å². The van der Waals surface area contributed by atoms with Gasteiger partial charge in [0, 0.05) is 30.7 Å². The second kappa shape index (κ2) is 7.19. The number of rotatable bonds is 4. The fourth-order valence-electron chi connectivity index (χ4n) is 4.68. The number of alkyl halides is 2. The second-order valence-electron chi connectivity index (χ2n) is 8.15. The predicted octanol–water partition coefficient (Wildman–Crippen LogP) is 2.97. The normalized spacial score (nSPS) is 22.7. The Morgan fingerprint density at radius 3 is 2.48 bits per heavy atom. The van der Waals surface area contributed by atoms with E-state index in [2.05, 4.69) is 4.98 Å². The van der Waals surface area contributed by atoms with E-state index in [4.69, 9.17) is 5.73 Å². The largest absolute Gasteiger partial charge is 0.367 e. The van der Waals surface area contributed by atoms with E-state index >= 15 is 4.39 Å². The van der Waals surface area contributed by atoms with E-state index in [1.165, 1.54) is 4.57 Å². The van der Waals surface area contributed by atoms with Crippen molar-refractivity contribution in [3.63, 3.8) is 0 Å². The molecule has 2 aliphatic rings. The van der Waals surface area contributed by atoms with Crippen molar-refractivity contribution in [1.29, 1.82) is 0 Å². The lowest BCUT2D eigenvalue weighted by molar-refractivity contribution is 0.148. The molecule has 0 bridgehead atoms. The fraction of sp³-hybridized carbons (Fsp3) is 0.600. The maximum Gasteiger partial charge on any atom is 0.329 e. The van der Waals surface area contributed by atoms with Crippen LogP contribution in [0.2, 0.25) is 0 Å². The van der Waals surface area contributed by atoms with Crippen LogP contribution in [0.5, 0.6) is 0 Å². The number of H-pyrrole nitrogens is 1. The van der Waals surface area contributed by atoms with Crippen LogP contribution in [0.15, 0.2) is 9.59 Å². The van der Waals surface area contributed by atoms with Gasteiger partial charge in [0.25, 0.3) is 12.0 Å². The third kappa shape index (κ3) is 3.15. The van der Waals surface area contributed by atoms with Crippen molar-refractivity contribution in [1.82, 2.24) is 9.55 Å². The molecule has 1 aliphatic carbocycles. The minimum atomic E-state index is -3.19. The number of benzene rings is 1. The molecule has 1 aliphatic heterocycles. The molecule has 2 fully saturated rings. The highest BCUT2D eigenvalue weighted by molar-refractivity contribution is 5.90. The number of nitrogens with two attached hydrogens (primary N) is 1. The number of anilines is 1. The third-order valence-corrected chi connectivity index (χ3v) is 6.35. The molecule has 0 spiro atoms. The van der Waals surface area contributed by atoms with E-state index in [1.54, 1.807) is 11.8 Å². The Hall–Kier alpha value is -2.29. The van der Waals surface area contributed by atoms with Crippen molar-refractivity contribution >= 4 is 16.6 Å². The zero-order valence-corrected chi connectivity index (χ0v) is 16.5. The smallest absolute Gasteiger partial charge is 0.329 e. The summed E-state index contributed by atoms with van der Waals surface area (Å²) in [5.74, 6) is -0.809. The van der Waals surface area contributed by atoms with Crippen LogP contribution < -0.4 is 21.9 Å². The molecule has 2 aromatic rings. The summed E-state index contributed by atoms with van der Waals surface area (Å²) in [5, 5.41) is -0.432. The molecule has 2 unspecified atom stereocenters. The van der Waals surface area contributed by atoms with E-state index in [1.807, 2.05) is 6.92 Å². The summed E-state index contributed by atoms with van der Waals surface area (Å²) in [4.78, 5) is 28.7. The average molecular weight is 410 g/mol. The SMILES string of the molecule is CCC1CCN(c2c(F)c(C(F)F)c3c(=O)[nH]c(=O)n(C4CC4)c3c2C)CC1N. The molecule has 6 nitrogen and oxygen atoms in total. The monoisotopic (exact) mass is 410 g/mol. The van der Waals surface area contributed by atoms with Crippen LogP contribution in [-0.2, 0) is 0 Å². The Kier molecular flexibility index (Phi) is 4.96. The standard InChI is InChI=1S/C20H25F3N4O2/c1-3-10-6-7-26(8-12(10)24)17-9(2)16-14(13(15(17)21)18(22)23)19(28)25-20(29)27(16)11-4-5-11/h10-12,18H,3-8,24H2,1-2H3,(H,25,28,29). The van der Waals surface area contributed by atoms with Crippen molar-refractivity contribution in [3.8, 4) is 0 Å².